The topological polar surface area (TPSA) is 51.0 Å². The van der Waals surface area contributed by atoms with Gasteiger partial charge in [-0.15, -0.1) is 0 Å². The van der Waals surface area contributed by atoms with Crippen LogP contribution in [0.2, 0.25) is 0 Å². The molecular formula is C18H21N3OS. The minimum absolute atomic E-state index is 0.571. The van der Waals surface area contributed by atoms with E-state index < -0.39 is 0 Å². The highest BCUT2D eigenvalue weighted by molar-refractivity contribution is 7.97. The molecule has 3 rings (SSSR count). The first kappa shape index (κ1) is 16.0. The van der Waals surface area contributed by atoms with E-state index in [2.05, 4.69) is 27.8 Å². The molecule has 4 nitrogen and oxygen atoms in total. The molecule has 5 heteroatoms. The molecule has 1 saturated carbocycles. The van der Waals surface area contributed by atoms with Gasteiger partial charge >= 0.3 is 0 Å². The van der Waals surface area contributed by atoms with Crippen LogP contribution in [0.15, 0.2) is 40.9 Å². The Morgan fingerprint density at radius 3 is 2.57 bits per heavy atom. The summed E-state index contributed by atoms with van der Waals surface area (Å²) >= 11 is 1.59. The Labute approximate surface area is 141 Å². The highest BCUT2D eigenvalue weighted by atomic mass is 32.2. The second-order valence-corrected chi connectivity index (χ2v) is 6.65. The van der Waals surface area contributed by atoms with E-state index in [-0.39, 0.29) is 0 Å². The number of nitrogens with one attached hydrogen (secondary N) is 1. The predicted octanol–water partition coefficient (Wildman–Crippen LogP) is 4.81. The normalized spacial score (nSPS) is 15.0. The van der Waals surface area contributed by atoms with Gasteiger partial charge in [0.25, 0.3) is 0 Å². The van der Waals surface area contributed by atoms with Crippen molar-refractivity contribution in [2.45, 2.75) is 30.6 Å². The Kier molecular flexibility index (Phi) is 5.31. The average molecular weight is 327 g/mol. The number of aromatic nitrogens is 2. The number of hydrogen-bond donors (Lipinski definition) is 1. The molecule has 2 aromatic heterocycles. The number of rotatable bonds is 7. The summed E-state index contributed by atoms with van der Waals surface area (Å²) in [4.78, 5) is 9.78. The van der Waals surface area contributed by atoms with Crippen molar-refractivity contribution in [2.24, 2.45) is 5.92 Å². The lowest BCUT2D eigenvalue weighted by molar-refractivity contribution is 0.546. The van der Waals surface area contributed by atoms with Crippen LogP contribution in [-0.2, 0) is 0 Å². The standard InChI is InChI=1S/C18H21N3OS/c1-3-14-9-17(22-16(14)4-2)18-19-11-15(12-20-18)23-21-10-13-7-5-6-8-13/h3-4,9,11-13,21H,1-2,5-8,10H2. The molecule has 0 amide bonds. The lowest BCUT2D eigenvalue weighted by Gasteiger charge is -2.09. The molecule has 0 bridgehead atoms. The van der Waals surface area contributed by atoms with Crippen LogP contribution in [0.3, 0.4) is 0 Å². The molecule has 2 aromatic rings. The summed E-state index contributed by atoms with van der Waals surface area (Å²) in [6, 6.07) is 1.88. The van der Waals surface area contributed by atoms with Gasteiger partial charge < -0.3 is 4.42 Å². The van der Waals surface area contributed by atoms with Crippen LogP contribution in [0.5, 0.6) is 0 Å². The first-order valence-corrected chi connectivity index (χ1v) is 8.72. The van der Waals surface area contributed by atoms with Crippen LogP contribution in [0, 0.1) is 5.92 Å². The maximum Gasteiger partial charge on any atom is 0.195 e. The van der Waals surface area contributed by atoms with Crippen molar-refractivity contribution in [2.75, 3.05) is 6.54 Å². The van der Waals surface area contributed by atoms with Gasteiger partial charge in [0, 0.05) is 24.5 Å². The summed E-state index contributed by atoms with van der Waals surface area (Å²) in [5, 5.41) is 0. The van der Waals surface area contributed by atoms with Crippen molar-refractivity contribution in [3.8, 4) is 11.6 Å². The van der Waals surface area contributed by atoms with Crippen LogP contribution in [0.1, 0.15) is 37.0 Å². The SMILES string of the molecule is C=Cc1cc(-c2ncc(SNCC3CCCC3)cn2)oc1C=C. The fraction of sp³-hybridized carbons (Fsp3) is 0.333. The Bertz CT molecular complexity index is 647. The van der Waals surface area contributed by atoms with Gasteiger partial charge in [0.15, 0.2) is 11.6 Å². The van der Waals surface area contributed by atoms with Crippen LogP contribution < -0.4 is 4.72 Å². The van der Waals surface area contributed by atoms with E-state index >= 15 is 0 Å². The van der Waals surface area contributed by atoms with E-state index in [1.54, 1.807) is 24.1 Å². The van der Waals surface area contributed by atoms with Crippen molar-refractivity contribution in [3.63, 3.8) is 0 Å². The lowest BCUT2D eigenvalue weighted by atomic mass is 10.1. The lowest BCUT2D eigenvalue weighted by Crippen LogP contribution is -2.14. The van der Waals surface area contributed by atoms with Gasteiger partial charge in [0.05, 0.1) is 4.90 Å². The zero-order valence-corrected chi connectivity index (χ0v) is 13.9. The zero-order valence-electron chi connectivity index (χ0n) is 13.1. The van der Waals surface area contributed by atoms with Crippen molar-refractivity contribution < 1.29 is 4.42 Å². The Hall–Kier alpha value is -1.85. The van der Waals surface area contributed by atoms with Gasteiger partial charge in [0.2, 0.25) is 0 Å². The van der Waals surface area contributed by atoms with E-state index in [1.165, 1.54) is 25.7 Å². The van der Waals surface area contributed by atoms with Gasteiger partial charge in [0.1, 0.15) is 5.76 Å². The minimum Gasteiger partial charge on any atom is -0.453 e. The average Bonchev–Trinajstić information content (AvgIpc) is 3.24. The molecule has 2 heterocycles. The van der Waals surface area contributed by atoms with Gasteiger partial charge in [-0.2, -0.15) is 0 Å². The molecular weight excluding hydrogens is 306 g/mol. The van der Waals surface area contributed by atoms with Crippen LogP contribution in [0.25, 0.3) is 23.7 Å². The highest BCUT2D eigenvalue weighted by Crippen LogP contribution is 2.26. The van der Waals surface area contributed by atoms with Crippen LogP contribution in [0.4, 0.5) is 0 Å². The Balaban J connectivity index is 1.61. The predicted molar refractivity (Wildman–Crippen MR) is 95.7 cm³/mol. The van der Waals surface area contributed by atoms with E-state index in [4.69, 9.17) is 4.42 Å². The van der Waals surface area contributed by atoms with E-state index in [0.29, 0.717) is 17.3 Å². The summed E-state index contributed by atoms with van der Waals surface area (Å²) in [6.07, 6.45) is 12.5. The largest absolute Gasteiger partial charge is 0.453 e. The highest BCUT2D eigenvalue weighted by Gasteiger charge is 2.14. The number of furan rings is 1. The zero-order chi connectivity index (χ0) is 16.1. The monoisotopic (exact) mass is 327 g/mol. The molecule has 0 spiro atoms. The molecule has 0 atom stereocenters. The van der Waals surface area contributed by atoms with Gasteiger partial charge in [-0.1, -0.05) is 32.1 Å². The fourth-order valence-corrected chi connectivity index (χ4v) is 3.50. The van der Waals surface area contributed by atoms with E-state index in [0.717, 1.165) is 22.9 Å². The molecule has 1 aliphatic carbocycles. The summed E-state index contributed by atoms with van der Waals surface area (Å²) < 4.78 is 9.11. The first-order chi connectivity index (χ1) is 11.3. The summed E-state index contributed by atoms with van der Waals surface area (Å²) in [5.74, 6) is 2.71. The molecule has 0 unspecified atom stereocenters. The molecule has 0 aliphatic heterocycles. The van der Waals surface area contributed by atoms with Gasteiger partial charge in [-0.3, -0.25) is 4.72 Å². The molecule has 1 aliphatic rings. The fourth-order valence-electron chi connectivity index (χ4n) is 2.80. The first-order valence-electron chi connectivity index (χ1n) is 7.91. The second kappa shape index (κ2) is 7.62. The van der Waals surface area contributed by atoms with Gasteiger partial charge in [-0.05, 0) is 42.8 Å². The third-order valence-electron chi connectivity index (χ3n) is 4.08. The van der Waals surface area contributed by atoms with Crippen LogP contribution in [-0.4, -0.2) is 16.5 Å². The van der Waals surface area contributed by atoms with Crippen molar-refractivity contribution >= 4 is 24.1 Å². The molecule has 1 N–H and O–H groups in total. The minimum atomic E-state index is 0.571. The quantitative estimate of drug-likeness (QED) is 0.740. The number of hydrogen-bond acceptors (Lipinski definition) is 5. The molecule has 0 radical (unpaired) electrons. The summed E-state index contributed by atoms with van der Waals surface area (Å²) in [7, 11) is 0. The maximum atomic E-state index is 5.69. The van der Waals surface area contributed by atoms with Crippen molar-refractivity contribution in [1.29, 1.82) is 0 Å². The molecule has 23 heavy (non-hydrogen) atoms. The smallest absolute Gasteiger partial charge is 0.195 e. The Morgan fingerprint density at radius 1 is 1.22 bits per heavy atom. The van der Waals surface area contributed by atoms with Gasteiger partial charge in [-0.25, -0.2) is 9.97 Å². The Morgan fingerprint density at radius 2 is 1.96 bits per heavy atom. The molecule has 120 valence electrons. The van der Waals surface area contributed by atoms with Crippen molar-refractivity contribution in [1.82, 2.24) is 14.7 Å². The second-order valence-electron chi connectivity index (χ2n) is 5.68. The van der Waals surface area contributed by atoms with E-state index in [9.17, 15) is 0 Å². The molecule has 0 saturated heterocycles. The third-order valence-corrected chi connectivity index (χ3v) is 4.84. The van der Waals surface area contributed by atoms with E-state index in [1.807, 2.05) is 18.5 Å². The summed E-state index contributed by atoms with van der Waals surface area (Å²) in [5.41, 5.74) is 0.898. The maximum absolute atomic E-state index is 5.69. The van der Waals surface area contributed by atoms with Crippen molar-refractivity contribution in [3.05, 3.63) is 42.9 Å². The summed E-state index contributed by atoms with van der Waals surface area (Å²) in [6.45, 7) is 8.55. The third kappa shape index (κ3) is 3.92. The molecule has 0 aromatic carbocycles. The van der Waals surface area contributed by atoms with Crippen LogP contribution >= 0.6 is 11.9 Å². The number of nitrogens with zero attached hydrogens (tertiary/aromatic N) is 2. The molecule has 1 fully saturated rings.